The Morgan fingerprint density at radius 3 is 2.89 bits per heavy atom. The van der Waals surface area contributed by atoms with Crippen LogP contribution in [0.4, 0.5) is 5.82 Å². The summed E-state index contributed by atoms with van der Waals surface area (Å²) in [5, 5.41) is 3.32. The molecule has 2 atom stereocenters. The van der Waals surface area contributed by atoms with Crippen molar-refractivity contribution in [3.63, 3.8) is 0 Å². The van der Waals surface area contributed by atoms with Crippen molar-refractivity contribution >= 4 is 5.82 Å². The predicted octanol–water partition coefficient (Wildman–Crippen LogP) is 3.52. The Hall–Kier alpha value is -1.09. The first-order chi connectivity index (χ1) is 9.20. The standard InChI is InChI=1S/C16H27N3/c1-4-9-17-16-8-7-15(11-18-16)12-19-10-5-6-13(2)14(19)3/h7-8,11,13-14H,4-6,9-10,12H2,1-3H3,(H,17,18). The number of rotatable bonds is 5. The molecule has 0 aliphatic carbocycles. The van der Waals surface area contributed by atoms with Gasteiger partial charge in [-0.05, 0) is 50.3 Å². The van der Waals surface area contributed by atoms with E-state index < -0.39 is 0 Å². The Labute approximate surface area is 117 Å². The van der Waals surface area contributed by atoms with Crippen molar-refractivity contribution in [2.45, 2.75) is 52.6 Å². The van der Waals surface area contributed by atoms with Gasteiger partial charge in [0.2, 0.25) is 0 Å². The van der Waals surface area contributed by atoms with E-state index in [0.717, 1.165) is 31.2 Å². The SMILES string of the molecule is CCCNc1ccc(CN2CCCC(C)C2C)cn1. The zero-order valence-corrected chi connectivity index (χ0v) is 12.5. The van der Waals surface area contributed by atoms with Gasteiger partial charge in [-0.2, -0.15) is 0 Å². The number of anilines is 1. The van der Waals surface area contributed by atoms with Crippen molar-refractivity contribution in [1.29, 1.82) is 0 Å². The van der Waals surface area contributed by atoms with Gasteiger partial charge in [-0.15, -0.1) is 0 Å². The van der Waals surface area contributed by atoms with Crippen molar-refractivity contribution < 1.29 is 0 Å². The molecule has 1 aliphatic rings. The Kier molecular flexibility index (Phi) is 5.20. The second kappa shape index (κ2) is 6.90. The van der Waals surface area contributed by atoms with Gasteiger partial charge in [0.25, 0.3) is 0 Å². The van der Waals surface area contributed by atoms with Crippen LogP contribution < -0.4 is 5.32 Å². The maximum Gasteiger partial charge on any atom is 0.125 e. The average molecular weight is 261 g/mol. The Bertz CT molecular complexity index is 374. The van der Waals surface area contributed by atoms with E-state index in [9.17, 15) is 0 Å². The minimum atomic E-state index is 0.687. The molecule has 2 heterocycles. The van der Waals surface area contributed by atoms with E-state index in [4.69, 9.17) is 0 Å². The highest BCUT2D eigenvalue weighted by atomic mass is 15.2. The molecule has 1 aromatic heterocycles. The number of piperidine rings is 1. The average Bonchev–Trinajstić information content (AvgIpc) is 2.43. The summed E-state index contributed by atoms with van der Waals surface area (Å²) in [6.45, 7) is 10.1. The third-order valence-electron chi connectivity index (χ3n) is 4.27. The van der Waals surface area contributed by atoms with Gasteiger partial charge in [-0.3, -0.25) is 4.90 Å². The molecule has 0 bridgehead atoms. The van der Waals surface area contributed by atoms with E-state index in [1.807, 2.05) is 6.20 Å². The zero-order chi connectivity index (χ0) is 13.7. The van der Waals surface area contributed by atoms with Gasteiger partial charge in [-0.1, -0.05) is 19.9 Å². The van der Waals surface area contributed by atoms with Crippen molar-refractivity contribution in [3.8, 4) is 0 Å². The van der Waals surface area contributed by atoms with Crippen LogP contribution in [-0.4, -0.2) is 29.0 Å². The Morgan fingerprint density at radius 1 is 1.37 bits per heavy atom. The molecule has 3 heteroatoms. The zero-order valence-electron chi connectivity index (χ0n) is 12.5. The summed E-state index contributed by atoms with van der Waals surface area (Å²) >= 11 is 0. The Balaban J connectivity index is 1.91. The van der Waals surface area contributed by atoms with Crippen LogP contribution in [0.5, 0.6) is 0 Å². The van der Waals surface area contributed by atoms with Gasteiger partial charge in [0.15, 0.2) is 0 Å². The van der Waals surface area contributed by atoms with E-state index in [1.165, 1.54) is 24.9 Å². The van der Waals surface area contributed by atoms with Crippen LogP contribution in [-0.2, 0) is 6.54 Å². The fraction of sp³-hybridized carbons (Fsp3) is 0.688. The van der Waals surface area contributed by atoms with Crippen molar-refractivity contribution in [2.24, 2.45) is 5.92 Å². The molecule has 2 rings (SSSR count). The highest BCUT2D eigenvalue weighted by Gasteiger charge is 2.24. The molecule has 0 spiro atoms. The van der Waals surface area contributed by atoms with Gasteiger partial charge >= 0.3 is 0 Å². The van der Waals surface area contributed by atoms with Gasteiger partial charge < -0.3 is 5.32 Å². The molecule has 1 saturated heterocycles. The summed E-state index contributed by atoms with van der Waals surface area (Å²) in [4.78, 5) is 7.08. The summed E-state index contributed by atoms with van der Waals surface area (Å²) in [6, 6.07) is 4.99. The number of aromatic nitrogens is 1. The molecule has 0 radical (unpaired) electrons. The normalized spacial score (nSPS) is 24.4. The molecule has 0 amide bonds. The molecule has 19 heavy (non-hydrogen) atoms. The molecule has 106 valence electrons. The largest absolute Gasteiger partial charge is 0.370 e. The van der Waals surface area contributed by atoms with Crippen LogP contribution in [0.25, 0.3) is 0 Å². The van der Waals surface area contributed by atoms with Crippen LogP contribution in [0.2, 0.25) is 0 Å². The second-order valence-electron chi connectivity index (χ2n) is 5.81. The van der Waals surface area contributed by atoms with Crippen LogP contribution in [0.1, 0.15) is 45.6 Å². The molecule has 1 N–H and O–H groups in total. The second-order valence-corrected chi connectivity index (χ2v) is 5.81. The summed E-state index contributed by atoms with van der Waals surface area (Å²) in [5.41, 5.74) is 1.32. The van der Waals surface area contributed by atoms with E-state index in [-0.39, 0.29) is 0 Å². The monoisotopic (exact) mass is 261 g/mol. The molecule has 0 saturated carbocycles. The van der Waals surface area contributed by atoms with Crippen LogP contribution in [0, 0.1) is 5.92 Å². The van der Waals surface area contributed by atoms with Crippen molar-refractivity contribution in [1.82, 2.24) is 9.88 Å². The first-order valence-corrected chi connectivity index (χ1v) is 7.63. The van der Waals surface area contributed by atoms with E-state index in [0.29, 0.717) is 6.04 Å². The maximum atomic E-state index is 4.49. The lowest BCUT2D eigenvalue weighted by molar-refractivity contribution is 0.106. The first-order valence-electron chi connectivity index (χ1n) is 7.63. The fourth-order valence-corrected chi connectivity index (χ4v) is 2.75. The Morgan fingerprint density at radius 2 is 2.21 bits per heavy atom. The predicted molar refractivity (Wildman–Crippen MR) is 81.3 cm³/mol. The van der Waals surface area contributed by atoms with Gasteiger partial charge in [0.1, 0.15) is 5.82 Å². The summed E-state index contributed by atoms with van der Waals surface area (Å²) < 4.78 is 0. The highest BCUT2D eigenvalue weighted by Crippen LogP contribution is 2.24. The topological polar surface area (TPSA) is 28.2 Å². The molecule has 1 aromatic rings. The lowest BCUT2D eigenvalue weighted by Crippen LogP contribution is -2.41. The van der Waals surface area contributed by atoms with Crippen molar-refractivity contribution in [2.75, 3.05) is 18.4 Å². The van der Waals surface area contributed by atoms with Crippen LogP contribution in [0.3, 0.4) is 0 Å². The summed E-state index contributed by atoms with van der Waals surface area (Å²) in [5.74, 6) is 1.80. The lowest BCUT2D eigenvalue weighted by atomic mass is 9.92. The lowest BCUT2D eigenvalue weighted by Gasteiger charge is -2.37. The molecular formula is C16H27N3. The molecule has 2 unspecified atom stereocenters. The number of nitrogens with one attached hydrogen (secondary N) is 1. The quantitative estimate of drug-likeness (QED) is 0.879. The van der Waals surface area contributed by atoms with Crippen LogP contribution in [0.15, 0.2) is 18.3 Å². The third kappa shape index (κ3) is 3.93. The molecule has 3 nitrogen and oxygen atoms in total. The molecule has 0 aromatic carbocycles. The maximum absolute atomic E-state index is 4.49. The number of likely N-dealkylation sites (tertiary alicyclic amines) is 1. The van der Waals surface area contributed by atoms with Crippen molar-refractivity contribution in [3.05, 3.63) is 23.9 Å². The smallest absolute Gasteiger partial charge is 0.125 e. The molecule has 1 fully saturated rings. The van der Waals surface area contributed by atoms with E-state index >= 15 is 0 Å². The van der Waals surface area contributed by atoms with E-state index in [2.05, 4.69) is 48.1 Å². The number of hydrogen-bond acceptors (Lipinski definition) is 3. The summed E-state index contributed by atoms with van der Waals surface area (Å²) in [7, 11) is 0. The minimum Gasteiger partial charge on any atom is -0.370 e. The van der Waals surface area contributed by atoms with Gasteiger partial charge in [-0.25, -0.2) is 4.98 Å². The molecule has 1 aliphatic heterocycles. The van der Waals surface area contributed by atoms with Gasteiger partial charge in [0.05, 0.1) is 0 Å². The van der Waals surface area contributed by atoms with E-state index in [1.54, 1.807) is 0 Å². The van der Waals surface area contributed by atoms with Gasteiger partial charge in [0, 0.05) is 25.3 Å². The first kappa shape index (κ1) is 14.3. The summed E-state index contributed by atoms with van der Waals surface area (Å²) in [6.07, 6.45) is 5.85. The number of nitrogens with zero attached hydrogens (tertiary/aromatic N) is 2. The highest BCUT2D eigenvalue weighted by molar-refractivity contribution is 5.35. The number of hydrogen-bond donors (Lipinski definition) is 1. The minimum absolute atomic E-state index is 0.687. The van der Waals surface area contributed by atoms with Crippen LogP contribution >= 0.6 is 0 Å². The number of pyridine rings is 1. The fourth-order valence-electron chi connectivity index (χ4n) is 2.75. The molecular weight excluding hydrogens is 234 g/mol. The third-order valence-corrected chi connectivity index (χ3v) is 4.27.